The second-order valence-electron chi connectivity index (χ2n) is 6.10. The Kier molecular flexibility index (Phi) is 11.4. The van der Waals surface area contributed by atoms with Gasteiger partial charge >= 0.3 is 5.97 Å². The lowest BCUT2D eigenvalue weighted by Crippen LogP contribution is -1.99. The molecule has 0 atom stereocenters. The van der Waals surface area contributed by atoms with Gasteiger partial charge in [-0.3, -0.25) is 4.79 Å². The number of esters is 1. The highest BCUT2D eigenvalue weighted by atomic mass is 16.5. The summed E-state index contributed by atoms with van der Waals surface area (Å²) in [6.07, 6.45) is 14.6. The molecule has 0 fully saturated rings. The lowest BCUT2D eigenvalue weighted by Gasteiger charge is -2.03. The zero-order chi connectivity index (χ0) is 15.9. The predicted molar refractivity (Wildman–Crippen MR) is 92.9 cm³/mol. The lowest BCUT2D eigenvalue weighted by molar-refractivity contribution is -0.140. The van der Waals surface area contributed by atoms with Gasteiger partial charge in [-0.15, -0.1) is 0 Å². The van der Waals surface area contributed by atoms with Gasteiger partial charge in [0.15, 0.2) is 0 Å². The monoisotopic (exact) mass is 304 g/mol. The molecule has 2 heteroatoms. The predicted octanol–water partition coefficient (Wildman–Crippen LogP) is 5.69. The van der Waals surface area contributed by atoms with Crippen LogP contribution in [0.15, 0.2) is 30.3 Å². The van der Waals surface area contributed by atoms with E-state index in [4.69, 9.17) is 0 Å². The maximum absolute atomic E-state index is 10.9. The first-order chi connectivity index (χ1) is 10.8. The molecule has 0 aliphatic rings. The van der Waals surface area contributed by atoms with Gasteiger partial charge in [-0.25, -0.2) is 0 Å². The Bertz CT molecular complexity index is 373. The van der Waals surface area contributed by atoms with Crippen molar-refractivity contribution in [1.29, 1.82) is 0 Å². The van der Waals surface area contributed by atoms with Gasteiger partial charge in [0, 0.05) is 6.42 Å². The topological polar surface area (TPSA) is 26.3 Å². The minimum atomic E-state index is -0.0736. The Hall–Kier alpha value is -1.31. The third-order valence-corrected chi connectivity index (χ3v) is 4.17. The molecular formula is C20H32O2. The summed E-state index contributed by atoms with van der Waals surface area (Å²) in [5.41, 5.74) is 1.47. The van der Waals surface area contributed by atoms with Gasteiger partial charge in [-0.1, -0.05) is 81.7 Å². The second-order valence-corrected chi connectivity index (χ2v) is 6.10. The van der Waals surface area contributed by atoms with E-state index in [0.29, 0.717) is 6.42 Å². The van der Waals surface area contributed by atoms with Crippen LogP contribution in [-0.4, -0.2) is 13.1 Å². The first-order valence-electron chi connectivity index (χ1n) is 8.93. The average molecular weight is 304 g/mol. The van der Waals surface area contributed by atoms with Crippen molar-refractivity contribution in [2.24, 2.45) is 0 Å². The van der Waals surface area contributed by atoms with Crippen LogP contribution in [0.1, 0.15) is 76.2 Å². The SMILES string of the molecule is COC(=O)CCCCCCCCCCCCc1ccccc1. The van der Waals surface area contributed by atoms with E-state index in [2.05, 4.69) is 35.1 Å². The first-order valence-corrected chi connectivity index (χ1v) is 8.93. The van der Waals surface area contributed by atoms with E-state index >= 15 is 0 Å². The van der Waals surface area contributed by atoms with E-state index in [0.717, 1.165) is 12.8 Å². The highest BCUT2D eigenvalue weighted by molar-refractivity contribution is 5.68. The summed E-state index contributed by atoms with van der Waals surface area (Å²) in [5.74, 6) is -0.0736. The number of ether oxygens (including phenoxy) is 1. The molecule has 0 bridgehead atoms. The van der Waals surface area contributed by atoms with Gasteiger partial charge < -0.3 is 4.74 Å². The maximum atomic E-state index is 10.9. The van der Waals surface area contributed by atoms with Crippen molar-refractivity contribution in [3.63, 3.8) is 0 Å². The minimum absolute atomic E-state index is 0.0736. The van der Waals surface area contributed by atoms with Crippen molar-refractivity contribution >= 4 is 5.97 Å². The molecule has 1 aromatic carbocycles. The van der Waals surface area contributed by atoms with Gasteiger partial charge in [-0.05, 0) is 24.8 Å². The molecule has 0 N–H and O–H groups in total. The van der Waals surface area contributed by atoms with Gasteiger partial charge in [0.2, 0.25) is 0 Å². The third-order valence-electron chi connectivity index (χ3n) is 4.17. The number of methoxy groups -OCH3 is 1. The molecule has 0 unspecified atom stereocenters. The summed E-state index contributed by atoms with van der Waals surface area (Å²) in [7, 11) is 1.46. The first kappa shape index (κ1) is 18.7. The van der Waals surface area contributed by atoms with Crippen LogP contribution in [-0.2, 0) is 16.0 Å². The van der Waals surface area contributed by atoms with Crippen LogP contribution >= 0.6 is 0 Å². The Morgan fingerprint density at radius 2 is 1.27 bits per heavy atom. The van der Waals surface area contributed by atoms with Crippen molar-refractivity contribution in [1.82, 2.24) is 0 Å². The number of hydrogen-bond acceptors (Lipinski definition) is 2. The number of aryl methyl sites for hydroxylation is 1. The lowest BCUT2D eigenvalue weighted by atomic mass is 10.0. The van der Waals surface area contributed by atoms with Crippen molar-refractivity contribution in [3.05, 3.63) is 35.9 Å². The quantitative estimate of drug-likeness (QED) is 0.345. The molecule has 0 heterocycles. The third kappa shape index (κ3) is 10.4. The summed E-state index contributed by atoms with van der Waals surface area (Å²) >= 11 is 0. The molecule has 0 aliphatic carbocycles. The Labute approximate surface area is 136 Å². The smallest absolute Gasteiger partial charge is 0.305 e. The van der Waals surface area contributed by atoms with Crippen LogP contribution in [0.3, 0.4) is 0 Å². The molecule has 1 aromatic rings. The maximum Gasteiger partial charge on any atom is 0.305 e. The number of carbonyl (C=O) groups is 1. The van der Waals surface area contributed by atoms with E-state index in [9.17, 15) is 4.79 Å². The van der Waals surface area contributed by atoms with Gasteiger partial charge in [0.25, 0.3) is 0 Å². The number of benzene rings is 1. The number of hydrogen-bond donors (Lipinski definition) is 0. The molecule has 0 aliphatic heterocycles. The Morgan fingerprint density at radius 1 is 0.773 bits per heavy atom. The summed E-state index contributed by atoms with van der Waals surface area (Å²) in [4.78, 5) is 10.9. The van der Waals surface area contributed by atoms with Crippen LogP contribution in [0.4, 0.5) is 0 Å². The van der Waals surface area contributed by atoms with Crippen LogP contribution < -0.4 is 0 Å². The molecule has 0 saturated heterocycles. The molecule has 2 nitrogen and oxygen atoms in total. The van der Waals surface area contributed by atoms with Crippen LogP contribution in [0, 0.1) is 0 Å². The fourth-order valence-electron chi connectivity index (χ4n) is 2.76. The van der Waals surface area contributed by atoms with Crippen molar-refractivity contribution < 1.29 is 9.53 Å². The Morgan fingerprint density at radius 3 is 1.82 bits per heavy atom. The highest BCUT2D eigenvalue weighted by Crippen LogP contribution is 2.13. The summed E-state index contributed by atoms with van der Waals surface area (Å²) in [6.45, 7) is 0. The van der Waals surface area contributed by atoms with Crippen LogP contribution in [0.25, 0.3) is 0 Å². The molecule has 0 aromatic heterocycles. The summed E-state index contributed by atoms with van der Waals surface area (Å²) in [6, 6.07) is 10.8. The molecule has 0 saturated carbocycles. The van der Waals surface area contributed by atoms with Gasteiger partial charge in [0.05, 0.1) is 7.11 Å². The standard InChI is InChI=1S/C20H32O2/c1-22-20(21)18-14-9-7-5-3-2-4-6-8-11-15-19-16-12-10-13-17-19/h10,12-13,16-17H,2-9,11,14-15,18H2,1H3. The van der Waals surface area contributed by atoms with E-state index in [1.54, 1.807) is 0 Å². The minimum Gasteiger partial charge on any atom is -0.469 e. The number of carbonyl (C=O) groups excluding carboxylic acids is 1. The van der Waals surface area contributed by atoms with Gasteiger partial charge in [0.1, 0.15) is 0 Å². The van der Waals surface area contributed by atoms with E-state index in [1.807, 2.05) is 0 Å². The van der Waals surface area contributed by atoms with Crippen molar-refractivity contribution in [2.45, 2.75) is 77.0 Å². The molecular weight excluding hydrogens is 272 g/mol. The van der Waals surface area contributed by atoms with Crippen molar-refractivity contribution in [2.75, 3.05) is 7.11 Å². The van der Waals surface area contributed by atoms with Gasteiger partial charge in [-0.2, -0.15) is 0 Å². The normalized spacial score (nSPS) is 10.6. The highest BCUT2D eigenvalue weighted by Gasteiger charge is 1.99. The fraction of sp³-hybridized carbons (Fsp3) is 0.650. The summed E-state index contributed by atoms with van der Waals surface area (Å²) < 4.78 is 4.63. The zero-order valence-electron chi connectivity index (χ0n) is 14.2. The largest absolute Gasteiger partial charge is 0.469 e. The van der Waals surface area contributed by atoms with Crippen LogP contribution in [0.2, 0.25) is 0 Å². The number of rotatable bonds is 13. The Balaban J connectivity index is 1.77. The summed E-state index contributed by atoms with van der Waals surface area (Å²) in [5, 5.41) is 0. The molecule has 0 amide bonds. The molecule has 0 radical (unpaired) electrons. The second kappa shape index (κ2) is 13.4. The molecule has 1 rings (SSSR count). The fourth-order valence-corrected chi connectivity index (χ4v) is 2.76. The van der Waals surface area contributed by atoms with E-state index in [-0.39, 0.29) is 5.97 Å². The van der Waals surface area contributed by atoms with Crippen LogP contribution in [0.5, 0.6) is 0 Å². The number of unbranched alkanes of at least 4 members (excludes halogenated alkanes) is 9. The van der Waals surface area contributed by atoms with Crippen molar-refractivity contribution in [3.8, 4) is 0 Å². The molecule has 0 spiro atoms. The van der Waals surface area contributed by atoms with E-state index < -0.39 is 0 Å². The molecule has 124 valence electrons. The zero-order valence-corrected chi connectivity index (χ0v) is 14.2. The average Bonchev–Trinajstić information content (AvgIpc) is 2.56. The van der Waals surface area contributed by atoms with E-state index in [1.165, 1.54) is 70.5 Å². The molecule has 22 heavy (non-hydrogen) atoms.